The summed E-state index contributed by atoms with van der Waals surface area (Å²) in [5.74, 6) is 0. The van der Waals surface area contributed by atoms with E-state index in [1.54, 1.807) is 11.3 Å². The van der Waals surface area contributed by atoms with E-state index in [4.69, 9.17) is 0 Å². The SMILES string of the molecule is CCNC(c1ccc(C)cc1)c1sccc1Br. The van der Waals surface area contributed by atoms with Gasteiger partial charge >= 0.3 is 0 Å². The van der Waals surface area contributed by atoms with E-state index in [2.05, 4.69) is 70.8 Å². The highest BCUT2D eigenvalue weighted by Crippen LogP contribution is 2.33. The Kier molecular flexibility index (Phi) is 4.37. The summed E-state index contributed by atoms with van der Waals surface area (Å²) in [6, 6.07) is 11.1. The molecule has 1 aromatic carbocycles. The Morgan fingerprint density at radius 1 is 1.24 bits per heavy atom. The lowest BCUT2D eigenvalue weighted by molar-refractivity contribution is 0.638. The molecule has 3 heteroatoms. The van der Waals surface area contributed by atoms with E-state index in [0.29, 0.717) is 0 Å². The summed E-state index contributed by atoms with van der Waals surface area (Å²) in [4.78, 5) is 1.34. The van der Waals surface area contributed by atoms with E-state index >= 15 is 0 Å². The molecule has 0 aliphatic carbocycles. The average molecular weight is 310 g/mol. The molecule has 0 aliphatic rings. The molecule has 2 aromatic rings. The van der Waals surface area contributed by atoms with Gasteiger partial charge in [-0.3, -0.25) is 0 Å². The van der Waals surface area contributed by atoms with Crippen molar-refractivity contribution in [2.24, 2.45) is 0 Å². The largest absolute Gasteiger partial charge is 0.306 e. The van der Waals surface area contributed by atoms with Crippen LogP contribution in [0.5, 0.6) is 0 Å². The van der Waals surface area contributed by atoms with Gasteiger partial charge in [0.05, 0.1) is 6.04 Å². The second-order valence-corrected chi connectivity index (χ2v) is 5.84. The van der Waals surface area contributed by atoms with Crippen molar-refractivity contribution in [3.63, 3.8) is 0 Å². The highest BCUT2D eigenvalue weighted by molar-refractivity contribution is 9.10. The van der Waals surface area contributed by atoms with Crippen LogP contribution in [-0.4, -0.2) is 6.54 Å². The molecule has 0 fully saturated rings. The number of nitrogens with one attached hydrogen (secondary N) is 1. The number of benzene rings is 1. The van der Waals surface area contributed by atoms with Gasteiger partial charge in [0.25, 0.3) is 0 Å². The third-order valence-corrected chi connectivity index (χ3v) is 4.66. The van der Waals surface area contributed by atoms with Crippen molar-refractivity contribution >= 4 is 27.3 Å². The molecule has 1 unspecified atom stereocenters. The lowest BCUT2D eigenvalue weighted by Gasteiger charge is -2.18. The summed E-state index contributed by atoms with van der Waals surface area (Å²) in [6.07, 6.45) is 0. The minimum Gasteiger partial charge on any atom is -0.306 e. The molecule has 17 heavy (non-hydrogen) atoms. The third-order valence-electron chi connectivity index (χ3n) is 2.73. The van der Waals surface area contributed by atoms with Crippen molar-refractivity contribution in [2.75, 3.05) is 6.54 Å². The van der Waals surface area contributed by atoms with Gasteiger partial charge in [0.2, 0.25) is 0 Å². The van der Waals surface area contributed by atoms with Crippen LogP contribution >= 0.6 is 27.3 Å². The van der Waals surface area contributed by atoms with Crippen molar-refractivity contribution in [3.05, 3.63) is 56.2 Å². The van der Waals surface area contributed by atoms with Gasteiger partial charge in [0, 0.05) is 9.35 Å². The average Bonchev–Trinajstić information content (AvgIpc) is 2.74. The van der Waals surface area contributed by atoms with E-state index in [0.717, 1.165) is 6.54 Å². The molecule has 1 N–H and O–H groups in total. The van der Waals surface area contributed by atoms with Crippen LogP contribution in [0.1, 0.15) is 29.0 Å². The van der Waals surface area contributed by atoms with Crippen LogP contribution in [0.3, 0.4) is 0 Å². The van der Waals surface area contributed by atoms with Gasteiger partial charge in [-0.25, -0.2) is 0 Å². The normalized spacial score (nSPS) is 12.6. The summed E-state index contributed by atoms with van der Waals surface area (Å²) in [7, 11) is 0. The minimum atomic E-state index is 0.287. The molecular weight excluding hydrogens is 294 g/mol. The molecule has 0 aliphatic heterocycles. The lowest BCUT2D eigenvalue weighted by Crippen LogP contribution is -2.21. The number of hydrogen-bond acceptors (Lipinski definition) is 2. The van der Waals surface area contributed by atoms with E-state index in [1.807, 2.05) is 0 Å². The van der Waals surface area contributed by atoms with Crippen LogP contribution in [0.4, 0.5) is 0 Å². The maximum atomic E-state index is 3.62. The molecule has 0 amide bonds. The number of rotatable bonds is 4. The van der Waals surface area contributed by atoms with Gasteiger partial charge in [0.15, 0.2) is 0 Å². The van der Waals surface area contributed by atoms with Crippen molar-refractivity contribution in [3.8, 4) is 0 Å². The zero-order valence-electron chi connectivity index (χ0n) is 10.0. The number of halogens is 1. The fourth-order valence-electron chi connectivity index (χ4n) is 1.84. The standard InChI is InChI=1S/C14H16BrNS/c1-3-16-13(14-12(15)8-9-17-14)11-6-4-10(2)5-7-11/h4-9,13,16H,3H2,1-2H3. The van der Waals surface area contributed by atoms with Crippen molar-refractivity contribution in [1.82, 2.24) is 5.32 Å². The summed E-state index contributed by atoms with van der Waals surface area (Å²) in [6.45, 7) is 5.22. The lowest BCUT2D eigenvalue weighted by atomic mass is 10.0. The molecule has 1 heterocycles. The summed E-state index contributed by atoms with van der Waals surface area (Å²) >= 11 is 5.41. The maximum absolute atomic E-state index is 3.62. The quantitative estimate of drug-likeness (QED) is 0.875. The first-order chi connectivity index (χ1) is 8.22. The third kappa shape index (κ3) is 2.97. The van der Waals surface area contributed by atoms with Crippen molar-refractivity contribution in [2.45, 2.75) is 19.9 Å². The van der Waals surface area contributed by atoms with Crippen LogP contribution < -0.4 is 5.32 Å². The monoisotopic (exact) mass is 309 g/mol. The van der Waals surface area contributed by atoms with Crippen LogP contribution in [0.15, 0.2) is 40.2 Å². The predicted octanol–water partition coefficient (Wildman–Crippen LogP) is 4.52. The molecule has 0 radical (unpaired) electrons. The molecule has 2 rings (SSSR count). The molecular formula is C14H16BrNS. The maximum Gasteiger partial charge on any atom is 0.0682 e. The Hall–Kier alpha value is -0.640. The zero-order valence-corrected chi connectivity index (χ0v) is 12.4. The Balaban J connectivity index is 2.35. The van der Waals surface area contributed by atoms with E-state index in [9.17, 15) is 0 Å². The Labute approximate surface area is 115 Å². The molecule has 0 saturated carbocycles. The highest BCUT2D eigenvalue weighted by Gasteiger charge is 2.16. The fourth-order valence-corrected chi connectivity index (χ4v) is 3.54. The van der Waals surface area contributed by atoms with Crippen LogP contribution in [-0.2, 0) is 0 Å². The topological polar surface area (TPSA) is 12.0 Å². The zero-order chi connectivity index (χ0) is 12.3. The summed E-state index contributed by atoms with van der Waals surface area (Å²) < 4.78 is 1.19. The molecule has 0 bridgehead atoms. The molecule has 0 spiro atoms. The van der Waals surface area contributed by atoms with Gasteiger partial charge in [-0.15, -0.1) is 11.3 Å². The molecule has 1 aromatic heterocycles. The van der Waals surface area contributed by atoms with Gasteiger partial charge in [-0.1, -0.05) is 36.8 Å². The van der Waals surface area contributed by atoms with Crippen LogP contribution in [0.2, 0.25) is 0 Å². The molecule has 1 atom stereocenters. The van der Waals surface area contributed by atoms with E-state index in [1.165, 1.54) is 20.5 Å². The van der Waals surface area contributed by atoms with Gasteiger partial charge in [-0.2, -0.15) is 0 Å². The first-order valence-electron chi connectivity index (χ1n) is 5.75. The van der Waals surface area contributed by atoms with E-state index < -0.39 is 0 Å². The van der Waals surface area contributed by atoms with Crippen molar-refractivity contribution in [1.29, 1.82) is 0 Å². The van der Waals surface area contributed by atoms with Crippen LogP contribution in [0.25, 0.3) is 0 Å². The van der Waals surface area contributed by atoms with Gasteiger partial charge in [0.1, 0.15) is 0 Å². The highest BCUT2D eigenvalue weighted by atomic mass is 79.9. The number of hydrogen-bond donors (Lipinski definition) is 1. The fraction of sp³-hybridized carbons (Fsp3) is 0.286. The van der Waals surface area contributed by atoms with Crippen LogP contribution in [0, 0.1) is 6.92 Å². The Morgan fingerprint density at radius 2 is 1.94 bits per heavy atom. The smallest absolute Gasteiger partial charge is 0.0682 e. The second-order valence-electron chi connectivity index (χ2n) is 4.03. The Bertz CT molecular complexity index is 475. The van der Waals surface area contributed by atoms with Crippen molar-refractivity contribution < 1.29 is 0 Å². The summed E-state index contributed by atoms with van der Waals surface area (Å²) in [5.41, 5.74) is 2.62. The molecule has 90 valence electrons. The second kappa shape index (κ2) is 5.80. The first kappa shape index (κ1) is 12.8. The molecule has 0 saturated heterocycles. The number of thiophene rings is 1. The predicted molar refractivity (Wildman–Crippen MR) is 78.7 cm³/mol. The van der Waals surface area contributed by atoms with Gasteiger partial charge < -0.3 is 5.32 Å². The molecule has 1 nitrogen and oxygen atoms in total. The minimum absolute atomic E-state index is 0.287. The first-order valence-corrected chi connectivity index (χ1v) is 7.42. The number of aryl methyl sites for hydroxylation is 1. The summed E-state index contributed by atoms with van der Waals surface area (Å²) in [5, 5.41) is 5.66. The van der Waals surface area contributed by atoms with Gasteiger partial charge in [-0.05, 0) is 46.4 Å². The Morgan fingerprint density at radius 3 is 2.47 bits per heavy atom. The van der Waals surface area contributed by atoms with E-state index in [-0.39, 0.29) is 6.04 Å².